The molecule has 2 atom stereocenters. The maximum Gasteiger partial charge on any atom is 0.410 e. The summed E-state index contributed by atoms with van der Waals surface area (Å²) in [4.78, 5) is 28.4. The van der Waals surface area contributed by atoms with E-state index in [9.17, 15) is 9.59 Å². The molecule has 1 aromatic carbocycles. The van der Waals surface area contributed by atoms with E-state index < -0.39 is 5.60 Å². The van der Waals surface area contributed by atoms with Gasteiger partial charge in [0.1, 0.15) is 12.2 Å². The van der Waals surface area contributed by atoms with Crippen molar-refractivity contribution in [3.63, 3.8) is 0 Å². The van der Waals surface area contributed by atoms with Crippen LogP contribution in [0, 0.1) is 0 Å². The lowest BCUT2D eigenvalue weighted by Crippen LogP contribution is -2.53. The summed E-state index contributed by atoms with van der Waals surface area (Å²) in [5, 5.41) is 2.99. The van der Waals surface area contributed by atoms with Gasteiger partial charge in [0.2, 0.25) is 0 Å². The zero-order valence-electron chi connectivity index (χ0n) is 17.9. The molecule has 1 aliphatic heterocycles. The van der Waals surface area contributed by atoms with Crippen molar-refractivity contribution >= 4 is 20.8 Å². The second kappa shape index (κ2) is 11.4. The molecule has 1 saturated heterocycles. The number of hydrogen-bond acceptors (Lipinski definition) is 5. The summed E-state index contributed by atoms with van der Waals surface area (Å²) in [5.41, 5.74) is 0.477. The number of ether oxygens (including phenoxy) is 2. The molecule has 2 rings (SSSR count). The fraction of sp³-hybridized carbons (Fsp3) is 0.619. The molecule has 1 N–H and O–H groups in total. The standard InChI is InChI=1S/C21H34N3O4P/c1-21(2,3)28-19(25)22-18(16-29-4)14-23-10-12-24(13-11-23)20(26)27-15-17-8-6-5-7-9-17/h5-9,18,29H,10-16H2,1-4H3,(H,22,25). The third kappa shape index (κ3) is 9.01. The SMILES string of the molecule is CPCC(CN1CCN(C(=O)OCc2ccccc2)CC1)NC(=O)OC(C)(C)C. The molecule has 2 amide bonds. The molecule has 1 aliphatic rings. The minimum Gasteiger partial charge on any atom is -0.445 e. The fourth-order valence-corrected chi connectivity index (χ4v) is 3.84. The molecule has 0 spiro atoms. The number of piperazine rings is 1. The lowest BCUT2D eigenvalue weighted by atomic mass is 10.2. The second-order valence-electron chi connectivity index (χ2n) is 8.23. The van der Waals surface area contributed by atoms with Gasteiger partial charge in [-0.15, -0.1) is 8.58 Å². The number of carbonyl (C=O) groups excluding carboxylic acids is 2. The molecule has 8 heteroatoms. The molecule has 1 heterocycles. The first-order valence-corrected chi connectivity index (χ1v) is 11.8. The smallest absolute Gasteiger partial charge is 0.410 e. The van der Waals surface area contributed by atoms with Gasteiger partial charge < -0.3 is 19.7 Å². The van der Waals surface area contributed by atoms with E-state index in [1.165, 1.54) is 0 Å². The van der Waals surface area contributed by atoms with Crippen LogP contribution in [0.15, 0.2) is 30.3 Å². The Labute approximate surface area is 175 Å². The van der Waals surface area contributed by atoms with Crippen LogP contribution in [0.4, 0.5) is 9.59 Å². The van der Waals surface area contributed by atoms with Crippen molar-refractivity contribution in [2.45, 2.75) is 39.0 Å². The van der Waals surface area contributed by atoms with Crippen LogP contribution in [-0.4, -0.2) is 79.2 Å². The van der Waals surface area contributed by atoms with E-state index in [-0.39, 0.29) is 18.2 Å². The molecule has 29 heavy (non-hydrogen) atoms. The Morgan fingerprint density at radius 3 is 2.38 bits per heavy atom. The quantitative estimate of drug-likeness (QED) is 0.683. The van der Waals surface area contributed by atoms with Crippen molar-refractivity contribution in [2.24, 2.45) is 0 Å². The van der Waals surface area contributed by atoms with E-state index in [0.717, 1.165) is 39.9 Å². The minimum absolute atomic E-state index is 0.0461. The third-order valence-electron chi connectivity index (χ3n) is 4.49. The number of carbonyl (C=O) groups is 2. The predicted molar refractivity (Wildman–Crippen MR) is 117 cm³/mol. The number of alkyl carbamates (subject to hydrolysis) is 1. The van der Waals surface area contributed by atoms with Crippen molar-refractivity contribution < 1.29 is 19.1 Å². The number of nitrogens with one attached hydrogen (secondary N) is 1. The molecule has 0 radical (unpaired) electrons. The van der Waals surface area contributed by atoms with Crippen LogP contribution >= 0.6 is 8.58 Å². The van der Waals surface area contributed by atoms with E-state index in [1.54, 1.807) is 4.90 Å². The summed E-state index contributed by atoms with van der Waals surface area (Å²) < 4.78 is 10.8. The topological polar surface area (TPSA) is 71.1 Å². The Bertz CT molecular complexity index is 643. The van der Waals surface area contributed by atoms with E-state index in [0.29, 0.717) is 19.7 Å². The van der Waals surface area contributed by atoms with Gasteiger partial charge in [-0.1, -0.05) is 30.3 Å². The van der Waals surface area contributed by atoms with Crippen LogP contribution < -0.4 is 5.32 Å². The lowest BCUT2D eigenvalue weighted by Gasteiger charge is -2.36. The average molecular weight is 423 g/mol. The summed E-state index contributed by atoms with van der Waals surface area (Å²) in [6, 6.07) is 9.73. The highest BCUT2D eigenvalue weighted by Gasteiger charge is 2.25. The molecule has 0 aliphatic carbocycles. The normalized spacial score (nSPS) is 16.6. The molecule has 2 unspecified atom stereocenters. The van der Waals surface area contributed by atoms with Gasteiger partial charge in [0.25, 0.3) is 0 Å². The fourth-order valence-electron chi connectivity index (χ4n) is 3.12. The van der Waals surface area contributed by atoms with Gasteiger partial charge >= 0.3 is 12.2 Å². The van der Waals surface area contributed by atoms with Crippen LogP contribution in [0.25, 0.3) is 0 Å². The summed E-state index contributed by atoms with van der Waals surface area (Å²) in [7, 11) is 0.742. The third-order valence-corrected chi connectivity index (χ3v) is 5.39. The average Bonchev–Trinajstić information content (AvgIpc) is 2.66. The number of hydrogen-bond donors (Lipinski definition) is 1. The molecular weight excluding hydrogens is 389 g/mol. The van der Waals surface area contributed by atoms with Crippen molar-refractivity contribution in [1.29, 1.82) is 0 Å². The van der Waals surface area contributed by atoms with Crippen LogP contribution in [-0.2, 0) is 16.1 Å². The first kappa shape index (κ1) is 23.4. The minimum atomic E-state index is -0.505. The molecule has 0 bridgehead atoms. The molecule has 162 valence electrons. The Balaban J connectivity index is 1.74. The summed E-state index contributed by atoms with van der Waals surface area (Å²) >= 11 is 0. The van der Waals surface area contributed by atoms with Gasteiger partial charge in [0.15, 0.2) is 0 Å². The summed E-state index contributed by atoms with van der Waals surface area (Å²) in [6.07, 6.45) is 0.273. The molecule has 0 saturated carbocycles. The van der Waals surface area contributed by atoms with E-state index >= 15 is 0 Å². The number of nitrogens with zero attached hydrogens (tertiary/aromatic N) is 2. The van der Waals surface area contributed by atoms with Crippen LogP contribution in [0.3, 0.4) is 0 Å². The zero-order valence-corrected chi connectivity index (χ0v) is 18.9. The lowest BCUT2D eigenvalue weighted by molar-refractivity contribution is 0.0481. The van der Waals surface area contributed by atoms with Gasteiger partial charge in [-0.05, 0) is 39.2 Å². The second-order valence-corrected chi connectivity index (χ2v) is 9.34. The Morgan fingerprint density at radius 1 is 1.14 bits per heavy atom. The van der Waals surface area contributed by atoms with Gasteiger partial charge in [0, 0.05) is 38.8 Å². The number of benzene rings is 1. The zero-order chi connectivity index (χ0) is 21.3. The molecule has 1 fully saturated rings. The first-order valence-electron chi connectivity index (χ1n) is 10.1. The van der Waals surface area contributed by atoms with Crippen molar-refractivity contribution in [3.05, 3.63) is 35.9 Å². The molecule has 0 aromatic heterocycles. The maximum absolute atomic E-state index is 12.3. The predicted octanol–water partition coefficient (Wildman–Crippen LogP) is 3.14. The Hall–Kier alpha value is -1.85. The number of rotatable bonds is 7. The van der Waals surface area contributed by atoms with Gasteiger partial charge in [0.05, 0.1) is 0 Å². The summed E-state index contributed by atoms with van der Waals surface area (Å²) in [5.74, 6) is 0. The highest BCUT2D eigenvalue weighted by molar-refractivity contribution is 7.37. The van der Waals surface area contributed by atoms with Crippen LogP contribution in [0.2, 0.25) is 0 Å². The first-order chi connectivity index (χ1) is 13.8. The van der Waals surface area contributed by atoms with E-state index in [2.05, 4.69) is 16.9 Å². The largest absolute Gasteiger partial charge is 0.445 e. The van der Waals surface area contributed by atoms with Gasteiger partial charge in [-0.2, -0.15) is 0 Å². The maximum atomic E-state index is 12.3. The van der Waals surface area contributed by atoms with Gasteiger partial charge in [-0.25, -0.2) is 9.59 Å². The Morgan fingerprint density at radius 2 is 1.79 bits per heavy atom. The number of amides is 2. The van der Waals surface area contributed by atoms with Crippen molar-refractivity contribution in [1.82, 2.24) is 15.1 Å². The highest BCUT2D eigenvalue weighted by atomic mass is 31.1. The molecule has 7 nitrogen and oxygen atoms in total. The van der Waals surface area contributed by atoms with Crippen molar-refractivity contribution in [2.75, 3.05) is 45.6 Å². The molecule has 1 aromatic rings. The van der Waals surface area contributed by atoms with E-state index in [4.69, 9.17) is 9.47 Å². The highest BCUT2D eigenvalue weighted by Crippen LogP contribution is 2.12. The van der Waals surface area contributed by atoms with Crippen molar-refractivity contribution in [3.8, 4) is 0 Å². The van der Waals surface area contributed by atoms with Crippen LogP contribution in [0.5, 0.6) is 0 Å². The molecular formula is C21H34N3O4P. The van der Waals surface area contributed by atoms with Gasteiger partial charge in [-0.3, -0.25) is 4.90 Å². The van der Waals surface area contributed by atoms with Crippen LogP contribution in [0.1, 0.15) is 26.3 Å². The monoisotopic (exact) mass is 423 g/mol. The summed E-state index contributed by atoms with van der Waals surface area (Å²) in [6.45, 7) is 11.5. The Kier molecular flexibility index (Phi) is 9.18. The van der Waals surface area contributed by atoms with E-state index in [1.807, 2.05) is 51.1 Å².